The second-order valence-corrected chi connectivity index (χ2v) is 8.55. The Labute approximate surface area is 167 Å². The maximum atomic E-state index is 12.9. The van der Waals surface area contributed by atoms with Gasteiger partial charge in [0, 0.05) is 22.4 Å². The Morgan fingerprint density at radius 1 is 1.30 bits per heavy atom. The predicted molar refractivity (Wildman–Crippen MR) is 109 cm³/mol. The van der Waals surface area contributed by atoms with Gasteiger partial charge in [-0.15, -0.1) is 11.3 Å². The normalized spacial score (nSPS) is 11.6. The third kappa shape index (κ3) is 4.74. The summed E-state index contributed by atoms with van der Waals surface area (Å²) in [5, 5.41) is 10.5. The number of nitrogens with one attached hydrogen (secondary N) is 1. The fourth-order valence-electron chi connectivity index (χ4n) is 2.47. The first-order valence-electron chi connectivity index (χ1n) is 8.55. The van der Waals surface area contributed by atoms with E-state index in [-0.39, 0.29) is 11.3 Å². The second kappa shape index (κ2) is 7.80. The minimum Gasteiger partial charge on any atom is -0.325 e. The molecular weight excluding hydrogens is 382 g/mol. The van der Waals surface area contributed by atoms with Crippen LogP contribution in [0.3, 0.4) is 0 Å². The highest BCUT2D eigenvalue weighted by atomic mass is 35.5. The lowest BCUT2D eigenvalue weighted by atomic mass is 9.92. The molecule has 0 atom stereocenters. The van der Waals surface area contributed by atoms with Crippen LogP contribution in [-0.2, 0) is 18.5 Å². The van der Waals surface area contributed by atoms with Gasteiger partial charge in [0.2, 0.25) is 0 Å². The number of hydrogen-bond donors (Lipinski definition) is 2. The highest BCUT2D eigenvalue weighted by Gasteiger charge is 2.23. The van der Waals surface area contributed by atoms with Crippen molar-refractivity contribution < 1.29 is 4.79 Å². The van der Waals surface area contributed by atoms with Crippen LogP contribution >= 0.6 is 22.9 Å². The van der Waals surface area contributed by atoms with Gasteiger partial charge < -0.3 is 5.73 Å². The smallest absolute Gasteiger partial charge is 0.275 e. The molecule has 3 N–H and O–H groups in total. The van der Waals surface area contributed by atoms with Gasteiger partial charge >= 0.3 is 0 Å². The van der Waals surface area contributed by atoms with Gasteiger partial charge in [-0.05, 0) is 23.8 Å². The van der Waals surface area contributed by atoms with E-state index < -0.39 is 0 Å². The third-order valence-electron chi connectivity index (χ3n) is 4.01. The van der Waals surface area contributed by atoms with Crippen LogP contribution in [0.5, 0.6) is 0 Å². The van der Waals surface area contributed by atoms with Crippen LogP contribution in [-0.4, -0.2) is 20.7 Å². The summed E-state index contributed by atoms with van der Waals surface area (Å²) >= 11 is 7.32. The van der Waals surface area contributed by atoms with Crippen LogP contribution in [0.4, 0.5) is 5.13 Å². The van der Waals surface area contributed by atoms with Crippen LogP contribution in [0.1, 0.15) is 48.2 Å². The molecule has 3 aromatic rings. The minimum atomic E-state index is -0.245. The molecule has 0 saturated carbocycles. The van der Waals surface area contributed by atoms with E-state index in [9.17, 15) is 4.79 Å². The van der Waals surface area contributed by atoms with E-state index in [1.807, 2.05) is 35.7 Å². The lowest BCUT2D eigenvalue weighted by molar-refractivity contribution is 0.101. The number of thiazole rings is 1. The second-order valence-electron chi connectivity index (χ2n) is 7.25. The topological polar surface area (TPSA) is 85.8 Å². The molecule has 0 aliphatic carbocycles. The molecule has 0 saturated heterocycles. The number of anilines is 1. The first-order valence-corrected chi connectivity index (χ1v) is 9.80. The summed E-state index contributed by atoms with van der Waals surface area (Å²) in [5.41, 5.74) is 8.51. The van der Waals surface area contributed by atoms with Gasteiger partial charge in [-0.2, -0.15) is 5.10 Å². The van der Waals surface area contributed by atoms with Crippen LogP contribution in [0.2, 0.25) is 5.02 Å². The van der Waals surface area contributed by atoms with Crippen LogP contribution in [0.25, 0.3) is 0 Å². The number of halogens is 1. The van der Waals surface area contributed by atoms with Gasteiger partial charge in [0.05, 0.1) is 17.9 Å². The lowest BCUT2D eigenvalue weighted by Gasteiger charge is -2.14. The van der Waals surface area contributed by atoms with Gasteiger partial charge in [-0.1, -0.05) is 44.5 Å². The zero-order valence-corrected chi connectivity index (χ0v) is 17.1. The van der Waals surface area contributed by atoms with Gasteiger partial charge in [-0.3, -0.25) is 14.8 Å². The maximum Gasteiger partial charge on any atom is 0.275 e. The number of amides is 1. The van der Waals surface area contributed by atoms with Crippen LogP contribution in [0.15, 0.2) is 35.7 Å². The fourth-order valence-corrected chi connectivity index (χ4v) is 3.31. The Kier molecular flexibility index (Phi) is 5.64. The SMILES string of the molecule is CC(C)(C)c1cc(C(=O)Nc2nc(CN)cs2)n(Cc2ccc(Cl)cc2)n1. The van der Waals surface area contributed by atoms with Crippen LogP contribution in [0, 0.1) is 0 Å². The number of carbonyl (C=O) groups is 1. The van der Waals surface area contributed by atoms with Crippen molar-refractivity contribution in [2.24, 2.45) is 5.73 Å². The van der Waals surface area contributed by atoms with Crippen molar-refractivity contribution in [2.45, 2.75) is 39.3 Å². The Hall–Kier alpha value is -2.22. The van der Waals surface area contributed by atoms with E-state index in [4.69, 9.17) is 17.3 Å². The summed E-state index contributed by atoms with van der Waals surface area (Å²) in [6.45, 7) is 7.02. The highest BCUT2D eigenvalue weighted by Crippen LogP contribution is 2.24. The summed E-state index contributed by atoms with van der Waals surface area (Å²) in [4.78, 5) is 17.1. The molecule has 1 amide bonds. The fraction of sp³-hybridized carbons (Fsp3) is 0.316. The molecule has 0 spiro atoms. The molecule has 0 aliphatic rings. The summed E-state index contributed by atoms with van der Waals surface area (Å²) in [7, 11) is 0. The average molecular weight is 404 g/mol. The molecule has 1 aromatic carbocycles. The molecular formula is C19H22ClN5OS. The number of hydrogen-bond acceptors (Lipinski definition) is 5. The molecule has 6 nitrogen and oxygen atoms in total. The number of nitrogens with two attached hydrogens (primary N) is 1. The van der Waals surface area contributed by atoms with Crippen molar-refractivity contribution in [1.82, 2.24) is 14.8 Å². The molecule has 27 heavy (non-hydrogen) atoms. The molecule has 0 radical (unpaired) electrons. The first kappa shape index (κ1) is 19.5. The number of rotatable bonds is 5. The molecule has 142 valence electrons. The predicted octanol–water partition coefficient (Wildman–Crippen LogP) is 4.05. The number of aromatic nitrogens is 3. The summed E-state index contributed by atoms with van der Waals surface area (Å²) in [6, 6.07) is 9.35. The summed E-state index contributed by atoms with van der Waals surface area (Å²) in [6.07, 6.45) is 0. The third-order valence-corrected chi connectivity index (χ3v) is 5.07. The molecule has 0 fully saturated rings. The standard InChI is InChI=1S/C19H22ClN5OS/c1-19(2,3)16-8-15(17(26)23-18-22-14(9-21)11-27-18)25(24-16)10-12-4-6-13(20)7-5-12/h4-8,11H,9-10,21H2,1-3H3,(H,22,23,26). The zero-order chi connectivity index (χ0) is 19.6. The van der Waals surface area contributed by atoms with Crippen molar-refractivity contribution in [2.75, 3.05) is 5.32 Å². The van der Waals surface area contributed by atoms with E-state index >= 15 is 0 Å². The number of nitrogens with zero attached hydrogens (tertiary/aromatic N) is 3. The van der Waals surface area contributed by atoms with Crippen molar-refractivity contribution in [3.63, 3.8) is 0 Å². The van der Waals surface area contributed by atoms with Crippen molar-refractivity contribution in [3.8, 4) is 0 Å². The zero-order valence-electron chi connectivity index (χ0n) is 15.5. The van der Waals surface area contributed by atoms with Crippen LogP contribution < -0.4 is 11.1 Å². The first-order chi connectivity index (χ1) is 12.8. The molecule has 2 aromatic heterocycles. The van der Waals surface area contributed by atoms with Gasteiger partial charge in [0.1, 0.15) is 5.69 Å². The van der Waals surface area contributed by atoms with Crippen molar-refractivity contribution in [3.05, 3.63) is 63.4 Å². The Morgan fingerprint density at radius 2 is 2.00 bits per heavy atom. The maximum absolute atomic E-state index is 12.9. The van der Waals surface area contributed by atoms with Crippen molar-refractivity contribution >= 4 is 34.0 Å². The number of benzene rings is 1. The molecule has 0 bridgehead atoms. The Bertz CT molecular complexity index is 940. The lowest BCUT2D eigenvalue weighted by Crippen LogP contribution is -2.18. The van der Waals surface area contributed by atoms with E-state index in [0.29, 0.717) is 28.9 Å². The number of carbonyl (C=O) groups excluding carboxylic acids is 1. The summed E-state index contributed by atoms with van der Waals surface area (Å²) in [5.74, 6) is -0.245. The Balaban J connectivity index is 1.90. The molecule has 2 heterocycles. The molecule has 0 unspecified atom stereocenters. The van der Waals surface area contributed by atoms with Gasteiger partial charge in [-0.25, -0.2) is 4.98 Å². The minimum absolute atomic E-state index is 0.172. The summed E-state index contributed by atoms with van der Waals surface area (Å²) < 4.78 is 1.72. The molecule has 3 rings (SSSR count). The largest absolute Gasteiger partial charge is 0.325 e. The quantitative estimate of drug-likeness (QED) is 0.672. The molecule has 0 aliphatic heterocycles. The molecule has 8 heteroatoms. The van der Waals surface area contributed by atoms with E-state index in [1.54, 1.807) is 4.68 Å². The monoisotopic (exact) mass is 403 g/mol. The van der Waals surface area contributed by atoms with Gasteiger partial charge in [0.25, 0.3) is 5.91 Å². The Morgan fingerprint density at radius 3 is 2.59 bits per heavy atom. The van der Waals surface area contributed by atoms with E-state index in [2.05, 4.69) is 36.2 Å². The van der Waals surface area contributed by atoms with E-state index in [0.717, 1.165) is 17.0 Å². The van der Waals surface area contributed by atoms with Gasteiger partial charge in [0.15, 0.2) is 5.13 Å². The highest BCUT2D eigenvalue weighted by molar-refractivity contribution is 7.13. The average Bonchev–Trinajstić information content (AvgIpc) is 3.23. The van der Waals surface area contributed by atoms with E-state index in [1.165, 1.54) is 11.3 Å². The van der Waals surface area contributed by atoms with Crippen molar-refractivity contribution in [1.29, 1.82) is 0 Å².